The van der Waals surface area contributed by atoms with E-state index in [1.54, 1.807) is 0 Å². The normalized spacial score (nSPS) is 24.8. The lowest BCUT2D eigenvalue weighted by atomic mass is 9.84. The molecule has 0 aliphatic carbocycles. The molecule has 0 N–H and O–H groups in total. The maximum atomic E-state index is 5.95. The Kier molecular flexibility index (Phi) is 5.84. The lowest BCUT2D eigenvalue weighted by Gasteiger charge is -2.41. The Morgan fingerprint density at radius 1 is 0.950 bits per heavy atom. The van der Waals surface area contributed by atoms with E-state index in [9.17, 15) is 0 Å². The third kappa shape index (κ3) is 3.94. The fourth-order valence-electron chi connectivity index (χ4n) is 2.50. The standard InChI is InChI=1S/C16H30O4/c1-4-15(9-18-10-15)8-17-7-6-14(3)20-13-16(5-2)11-19-12-16/h14H,4-13H2,1-3H3. The van der Waals surface area contributed by atoms with E-state index in [0.717, 1.165) is 65.5 Å². The van der Waals surface area contributed by atoms with Crippen LogP contribution in [0.3, 0.4) is 0 Å². The summed E-state index contributed by atoms with van der Waals surface area (Å²) < 4.78 is 22.4. The topological polar surface area (TPSA) is 36.9 Å². The largest absolute Gasteiger partial charge is 0.381 e. The average molecular weight is 286 g/mol. The predicted octanol–water partition coefficient (Wildman–Crippen LogP) is 2.65. The molecule has 2 fully saturated rings. The molecule has 2 heterocycles. The van der Waals surface area contributed by atoms with Gasteiger partial charge in [-0.15, -0.1) is 0 Å². The molecule has 20 heavy (non-hydrogen) atoms. The molecule has 2 aliphatic rings. The molecule has 2 aliphatic heterocycles. The second-order valence-corrected chi connectivity index (χ2v) is 6.66. The monoisotopic (exact) mass is 286 g/mol. The highest BCUT2D eigenvalue weighted by Gasteiger charge is 2.38. The lowest BCUT2D eigenvalue weighted by molar-refractivity contribution is -0.164. The fourth-order valence-corrected chi connectivity index (χ4v) is 2.50. The molecule has 0 saturated carbocycles. The predicted molar refractivity (Wildman–Crippen MR) is 77.9 cm³/mol. The molecule has 2 saturated heterocycles. The Balaban J connectivity index is 1.53. The summed E-state index contributed by atoms with van der Waals surface area (Å²) in [6.07, 6.45) is 3.49. The molecule has 1 atom stereocenters. The van der Waals surface area contributed by atoms with Gasteiger partial charge in [0, 0.05) is 17.4 Å². The SMILES string of the molecule is CCC1(COCCC(C)OCC2(CC)COC2)COC1. The van der Waals surface area contributed by atoms with Gasteiger partial charge >= 0.3 is 0 Å². The molecule has 0 spiro atoms. The van der Waals surface area contributed by atoms with E-state index in [1.165, 1.54) is 0 Å². The van der Waals surface area contributed by atoms with Gasteiger partial charge in [0.05, 0.1) is 45.7 Å². The van der Waals surface area contributed by atoms with Gasteiger partial charge in [0.15, 0.2) is 0 Å². The quantitative estimate of drug-likeness (QED) is 0.579. The van der Waals surface area contributed by atoms with Crippen molar-refractivity contribution in [3.05, 3.63) is 0 Å². The molecule has 0 aromatic carbocycles. The molecule has 0 radical (unpaired) electrons. The Morgan fingerprint density at radius 3 is 1.95 bits per heavy atom. The second-order valence-electron chi connectivity index (χ2n) is 6.66. The van der Waals surface area contributed by atoms with Crippen molar-refractivity contribution < 1.29 is 18.9 Å². The van der Waals surface area contributed by atoms with E-state index in [0.29, 0.717) is 5.41 Å². The van der Waals surface area contributed by atoms with Crippen molar-refractivity contribution in [1.29, 1.82) is 0 Å². The minimum atomic E-state index is 0.259. The number of hydrogen-bond donors (Lipinski definition) is 0. The zero-order valence-corrected chi connectivity index (χ0v) is 13.3. The first kappa shape index (κ1) is 16.2. The third-order valence-corrected chi connectivity index (χ3v) is 4.88. The Hall–Kier alpha value is -0.160. The summed E-state index contributed by atoms with van der Waals surface area (Å²) in [5.41, 5.74) is 0.574. The van der Waals surface area contributed by atoms with E-state index in [-0.39, 0.29) is 11.5 Å². The molecule has 1 unspecified atom stereocenters. The molecule has 118 valence electrons. The second kappa shape index (κ2) is 7.21. The van der Waals surface area contributed by atoms with Crippen LogP contribution in [0, 0.1) is 10.8 Å². The number of hydrogen-bond acceptors (Lipinski definition) is 4. The average Bonchev–Trinajstić information content (AvgIpc) is 2.36. The third-order valence-electron chi connectivity index (χ3n) is 4.88. The van der Waals surface area contributed by atoms with Crippen molar-refractivity contribution in [2.45, 2.75) is 46.1 Å². The van der Waals surface area contributed by atoms with Crippen molar-refractivity contribution in [3.63, 3.8) is 0 Å². The van der Waals surface area contributed by atoms with Crippen LogP contribution in [0.4, 0.5) is 0 Å². The zero-order chi connectivity index (χ0) is 14.5. The summed E-state index contributed by atoms with van der Waals surface area (Å²) in [5, 5.41) is 0. The van der Waals surface area contributed by atoms with Crippen molar-refractivity contribution in [2.24, 2.45) is 10.8 Å². The first-order valence-corrected chi connectivity index (χ1v) is 7.98. The fraction of sp³-hybridized carbons (Fsp3) is 1.00. The smallest absolute Gasteiger partial charge is 0.0570 e. The van der Waals surface area contributed by atoms with Gasteiger partial charge in [-0.05, 0) is 26.2 Å². The summed E-state index contributed by atoms with van der Waals surface area (Å²) in [7, 11) is 0. The van der Waals surface area contributed by atoms with Crippen LogP contribution in [0.15, 0.2) is 0 Å². The van der Waals surface area contributed by atoms with Crippen LogP contribution < -0.4 is 0 Å². The van der Waals surface area contributed by atoms with Crippen LogP contribution in [0.5, 0.6) is 0 Å². The van der Waals surface area contributed by atoms with Gasteiger partial charge < -0.3 is 18.9 Å². The summed E-state index contributed by atoms with van der Waals surface area (Å²) in [5.74, 6) is 0. The lowest BCUT2D eigenvalue weighted by Crippen LogP contribution is -2.46. The minimum Gasteiger partial charge on any atom is -0.381 e. The van der Waals surface area contributed by atoms with E-state index in [2.05, 4.69) is 20.8 Å². The van der Waals surface area contributed by atoms with Crippen LogP contribution in [0.1, 0.15) is 40.0 Å². The highest BCUT2D eigenvalue weighted by molar-refractivity contribution is 4.85. The molecule has 0 amide bonds. The van der Waals surface area contributed by atoms with E-state index >= 15 is 0 Å². The van der Waals surface area contributed by atoms with E-state index in [1.807, 2.05) is 0 Å². The van der Waals surface area contributed by atoms with Gasteiger partial charge in [-0.25, -0.2) is 0 Å². The molecule has 4 heteroatoms. The maximum absolute atomic E-state index is 5.95. The van der Waals surface area contributed by atoms with Gasteiger partial charge in [-0.3, -0.25) is 0 Å². The summed E-state index contributed by atoms with van der Waals surface area (Å²) in [6.45, 7) is 12.4. The van der Waals surface area contributed by atoms with Crippen LogP contribution in [0.25, 0.3) is 0 Å². The van der Waals surface area contributed by atoms with Gasteiger partial charge in [-0.2, -0.15) is 0 Å². The zero-order valence-electron chi connectivity index (χ0n) is 13.3. The first-order valence-electron chi connectivity index (χ1n) is 7.98. The van der Waals surface area contributed by atoms with Crippen LogP contribution in [-0.4, -0.2) is 52.4 Å². The van der Waals surface area contributed by atoms with E-state index < -0.39 is 0 Å². The number of ether oxygens (including phenoxy) is 4. The molecule has 0 aromatic rings. The Bertz CT molecular complexity index is 273. The maximum Gasteiger partial charge on any atom is 0.0570 e. The van der Waals surface area contributed by atoms with Gasteiger partial charge in [-0.1, -0.05) is 13.8 Å². The van der Waals surface area contributed by atoms with Crippen molar-refractivity contribution in [2.75, 3.05) is 46.2 Å². The first-order chi connectivity index (χ1) is 9.64. The molecule has 2 rings (SSSR count). The van der Waals surface area contributed by atoms with E-state index in [4.69, 9.17) is 18.9 Å². The van der Waals surface area contributed by atoms with Crippen molar-refractivity contribution >= 4 is 0 Å². The summed E-state index contributed by atoms with van der Waals surface area (Å²) >= 11 is 0. The minimum absolute atomic E-state index is 0.259. The molecular formula is C16H30O4. The van der Waals surface area contributed by atoms with Crippen molar-refractivity contribution in [3.8, 4) is 0 Å². The molecular weight excluding hydrogens is 256 g/mol. The van der Waals surface area contributed by atoms with Crippen LogP contribution >= 0.6 is 0 Å². The Morgan fingerprint density at radius 2 is 1.50 bits per heavy atom. The molecule has 4 nitrogen and oxygen atoms in total. The van der Waals surface area contributed by atoms with Gasteiger partial charge in [0.1, 0.15) is 0 Å². The van der Waals surface area contributed by atoms with Crippen LogP contribution in [-0.2, 0) is 18.9 Å². The highest BCUT2D eigenvalue weighted by Crippen LogP contribution is 2.32. The number of rotatable bonds is 10. The van der Waals surface area contributed by atoms with Crippen LogP contribution in [0.2, 0.25) is 0 Å². The van der Waals surface area contributed by atoms with Gasteiger partial charge in [0.25, 0.3) is 0 Å². The van der Waals surface area contributed by atoms with Gasteiger partial charge in [0.2, 0.25) is 0 Å². The highest BCUT2D eigenvalue weighted by atomic mass is 16.5. The van der Waals surface area contributed by atoms with Crippen molar-refractivity contribution in [1.82, 2.24) is 0 Å². The summed E-state index contributed by atoms with van der Waals surface area (Å²) in [6, 6.07) is 0. The molecule has 0 aromatic heterocycles. The molecule has 0 bridgehead atoms. The summed E-state index contributed by atoms with van der Waals surface area (Å²) in [4.78, 5) is 0. The Labute approximate surface area is 123 Å².